The summed E-state index contributed by atoms with van der Waals surface area (Å²) in [5.41, 5.74) is 2.59. The highest BCUT2D eigenvalue weighted by Gasteiger charge is 2.26. The van der Waals surface area contributed by atoms with E-state index in [-0.39, 0.29) is 5.91 Å². The molecule has 0 saturated carbocycles. The number of thiazole rings is 1. The second kappa shape index (κ2) is 7.27. The monoisotopic (exact) mass is 332 g/mol. The van der Waals surface area contributed by atoms with Gasteiger partial charge in [-0.1, -0.05) is 6.92 Å². The van der Waals surface area contributed by atoms with E-state index in [2.05, 4.69) is 22.2 Å². The Kier molecular flexibility index (Phi) is 5.13. The number of piperidine rings is 1. The lowest BCUT2D eigenvalue weighted by Crippen LogP contribution is -2.46. The molecular formula is C17H24N4OS. The van der Waals surface area contributed by atoms with E-state index < -0.39 is 0 Å². The van der Waals surface area contributed by atoms with E-state index in [1.54, 1.807) is 11.3 Å². The van der Waals surface area contributed by atoms with Crippen LogP contribution in [0.5, 0.6) is 0 Å². The van der Waals surface area contributed by atoms with Crippen LogP contribution in [0.4, 0.5) is 0 Å². The summed E-state index contributed by atoms with van der Waals surface area (Å²) in [6.45, 7) is 6.92. The molecule has 0 atom stereocenters. The highest BCUT2D eigenvalue weighted by Crippen LogP contribution is 2.24. The van der Waals surface area contributed by atoms with Gasteiger partial charge in [0.25, 0.3) is 5.91 Å². The van der Waals surface area contributed by atoms with Gasteiger partial charge in [-0.25, -0.2) is 4.98 Å². The van der Waals surface area contributed by atoms with Crippen LogP contribution in [-0.2, 0) is 0 Å². The Morgan fingerprint density at radius 1 is 1.43 bits per heavy atom. The molecule has 124 valence electrons. The van der Waals surface area contributed by atoms with Crippen molar-refractivity contribution < 1.29 is 4.79 Å². The van der Waals surface area contributed by atoms with Gasteiger partial charge in [-0.15, -0.1) is 11.3 Å². The van der Waals surface area contributed by atoms with Gasteiger partial charge in [-0.2, -0.15) is 0 Å². The van der Waals surface area contributed by atoms with E-state index in [9.17, 15) is 4.79 Å². The molecule has 3 rings (SSSR count). The quantitative estimate of drug-likeness (QED) is 0.885. The maximum absolute atomic E-state index is 12.9. The molecule has 1 fully saturated rings. The van der Waals surface area contributed by atoms with Crippen LogP contribution in [0.2, 0.25) is 0 Å². The molecule has 6 heteroatoms. The number of nitrogens with one attached hydrogen (secondary N) is 2. The van der Waals surface area contributed by atoms with Gasteiger partial charge in [0.1, 0.15) is 5.69 Å². The zero-order valence-electron chi connectivity index (χ0n) is 13.8. The molecule has 5 nitrogen and oxygen atoms in total. The minimum absolute atomic E-state index is 0.108. The summed E-state index contributed by atoms with van der Waals surface area (Å²) in [6.07, 6.45) is 4.93. The van der Waals surface area contributed by atoms with Crippen molar-refractivity contribution in [2.24, 2.45) is 0 Å². The Balaban J connectivity index is 1.78. The Bertz CT molecular complexity index is 657. The van der Waals surface area contributed by atoms with Crippen LogP contribution in [0.1, 0.15) is 41.7 Å². The lowest BCUT2D eigenvalue weighted by molar-refractivity contribution is 0.0637. The van der Waals surface area contributed by atoms with Gasteiger partial charge in [-0.05, 0) is 45.3 Å². The van der Waals surface area contributed by atoms with Crippen molar-refractivity contribution in [1.82, 2.24) is 20.2 Å². The molecule has 1 saturated heterocycles. The van der Waals surface area contributed by atoms with Crippen molar-refractivity contribution in [2.45, 2.75) is 39.2 Å². The summed E-state index contributed by atoms with van der Waals surface area (Å²) >= 11 is 1.63. The minimum Gasteiger partial charge on any atom is -0.357 e. The predicted molar refractivity (Wildman–Crippen MR) is 93.9 cm³/mol. The highest BCUT2D eigenvalue weighted by molar-refractivity contribution is 7.09. The number of carbonyl (C=O) groups excluding carboxylic acids is 1. The number of aromatic amines is 1. The van der Waals surface area contributed by atoms with Gasteiger partial charge in [0.05, 0.1) is 10.7 Å². The summed E-state index contributed by atoms with van der Waals surface area (Å²) < 4.78 is 0. The molecule has 1 amide bonds. The first-order valence-corrected chi connectivity index (χ1v) is 9.19. The highest BCUT2D eigenvalue weighted by atomic mass is 32.1. The van der Waals surface area contributed by atoms with E-state index in [1.165, 1.54) is 0 Å². The maximum Gasteiger partial charge on any atom is 0.270 e. The van der Waals surface area contributed by atoms with Gasteiger partial charge in [0, 0.05) is 29.7 Å². The standard InChI is InChI=1S/C17H24N4OS/c1-3-8-21(14-4-6-18-7-5-14)17(22)15-9-13(10-19-15)16-11-23-12(2)20-16/h9-11,14,18-19H,3-8H2,1-2H3. The third-order valence-electron chi connectivity index (χ3n) is 4.30. The van der Waals surface area contributed by atoms with Crippen molar-refractivity contribution in [1.29, 1.82) is 0 Å². The Hall–Kier alpha value is -1.66. The average molecular weight is 332 g/mol. The van der Waals surface area contributed by atoms with E-state index in [0.717, 1.165) is 55.2 Å². The van der Waals surface area contributed by atoms with Crippen LogP contribution in [0.25, 0.3) is 11.3 Å². The third-order valence-corrected chi connectivity index (χ3v) is 5.08. The Morgan fingerprint density at radius 3 is 2.87 bits per heavy atom. The van der Waals surface area contributed by atoms with Crippen LogP contribution < -0.4 is 5.32 Å². The number of nitrogens with zero attached hydrogens (tertiary/aromatic N) is 2. The molecule has 23 heavy (non-hydrogen) atoms. The number of aromatic nitrogens is 2. The fourth-order valence-corrected chi connectivity index (χ4v) is 3.75. The molecule has 0 bridgehead atoms. The average Bonchev–Trinajstić information content (AvgIpc) is 3.21. The van der Waals surface area contributed by atoms with Crippen LogP contribution >= 0.6 is 11.3 Å². The second-order valence-corrected chi connectivity index (χ2v) is 7.10. The van der Waals surface area contributed by atoms with Crippen LogP contribution in [0.15, 0.2) is 17.6 Å². The van der Waals surface area contributed by atoms with Crippen LogP contribution in [0, 0.1) is 6.92 Å². The van der Waals surface area contributed by atoms with Crippen molar-refractivity contribution in [2.75, 3.05) is 19.6 Å². The molecule has 3 heterocycles. The molecule has 0 aliphatic carbocycles. The smallest absolute Gasteiger partial charge is 0.270 e. The van der Waals surface area contributed by atoms with Gasteiger partial charge < -0.3 is 15.2 Å². The number of H-pyrrole nitrogens is 1. The summed E-state index contributed by atoms with van der Waals surface area (Å²) in [5.74, 6) is 0.108. The first kappa shape index (κ1) is 16.2. The number of carbonyl (C=O) groups is 1. The Labute approximate surface area is 141 Å². The van der Waals surface area contributed by atoms with Gasteiger partial charge in [0.15, 0.2) is 0 Å². The van der Waals surface area contributed by atoms with Gasteiger partial charge in [0.2, 0.25) is 0 Å². The zero-order valence-corrected chi connectivity index (χ0v) is 14.6. The molecule has 0 aromatic carbocycles. The van der Waals surface area contributed by atoms with Crippen molar-refractivity contribution in [3.8, 4) is 11.3 Å². The lowest BCUT2D eigenvalue weighted by atomic mass is 10.0. The third kappa shape index (κ3) is 3.64. The van der Waals surface area contributed by atoms with E-state index in [0.29, 0.717) is 11.7 Å². The SMILES string of the molecule is CCCN(C(=O)c1cc(-c2csc(C)n2)c[nH]1)C1CCNCC1. The van der Waals surface area contributed by atoms with Crippen molar-refractivity contribution in [3.05, 3.63) is 28.3 Å². The number of rotatable bonds is 5. The number of amides is 1. The molecule has 0 spiro atoms. The molecule has 2 aromatic heterocycles. The summed E-state index contributed by atoms with van der Waals surface area (Å²) in [6, 6.07) is 2.28. The van der Waals surface area contributed by atoms with E-state index in [1.807, 2.05) is 29.5 Å². The van der Waals surface area contributed by atoms with Gasteiger partial charge >= 0.3 is 0 Å². The molecule has 2 aromatic rings. The zero-order chi connectivity index (χ0) is 16.2. The van der Waals surface area contributed by atoms with Crippen LogP contribution in [-0.4, -0.2) is 46.5 Å². The first-order valence-electron chi connectivity index (χ1n) is 8.31. The van der Waals surface area contributed by atoms with E-state index >= 15 is 0 Å². The number of hydrogen-bond acceptors (Lipinski definition) is 4. The lowest BCUT2D eigenvalue weighted by Gasteiger charge is -2.34. The fourth-order valence-electron chi connectivity index (χ4n) is 3.13. The van der Waals surface area contributed by atoms with Crippen molar-refractivity contribution >= 4 is 17.2 Å². The molecule has 0 unspecified atom stereocenters. The molecule has 0 radical (unpaired) electrons. The van der Waals surface area contributed by atoms with Crippen molar-refractivity contribution in [3.63, 3.8) is 0 Å². The molecule has 2 N–H and O–H groups in total. The molecule has 1 aliphatic rings. The molecular weight excluding hydrogens is 308 g/mol. The number of hydrogen-bond donors (Lipinski definition) is 2. The molecule has 1 aliphatic heterocycles. The summed E-state index contributed by atoms with van der Waals surface area (Å²) in [5, 5.41) is 6.43. The maximum atomic E-state index is 12.9. The first-order chi connectivity index (χ1) is 11.2. The fraction of sp³-hybridized carbons (Fsp3) is 0.529. The van der Waals surface area contributed by atoms with E-state index in [4.69, 9.17) is 0 Å². The minimum atomic E-state index is 0.108. The summed E-state index contributed by atoms with van der Waals surface area (Å²) in [7, 11) is 0. The largest absolute Gasteiger partial charge is 0.357 e. The normalized spacial score (nSPS) is 15.7. The van der Waals surface area contributed by atoms with Gasteiger partial charge in [-0.3, -0.25) is 4.79 Å². The predicted octanol–water partition coefficient (Wildman–Crippen LogP) is 3.05. The topological polar surface area (TPSA) is 61.0 Å². The number of aryl methyl sites for hydroxylation is 1. The van der Waals surface area contributed by atoms with Crippen LogP contribution in [0.3, 0.4) is 0 Å². The summed E-state index contributed by atoms with van der Waals surface area (Å²) in [4.78, 5) is 22.6. The Morgan fingerprint density at radius 2 is 2.22 bits per heavy atom. The second-order valence-electron chi connectivity index (χ2n) is 6.03.